The highest BCUT2D eigenvalue weighted by atomic mass is 16.5. The highest BCUT2D eigenvalue weighted by Crippen LogP contribution is 2.17. The Morgan fingerprint density at radius 3 is 1.46 bits per heavy atom. The number of hydrogen-bond donors (Lipinski definition) is 2. The van der Waals surface area contributed by atoms with E-state index in [4.69, 9.17) is 9.47 Å². The molecule has 2 N–H and O–H groups in total. The van der Waals surface area contributed by atoms with Crippen LogP contribution in [-0.4, -0.2) is 85.9 Å². The van der Waals surface area contributed by atoms with E-state index in [0.29, 0.717) is 51.9 Å². The molecule has 0 amide bonds. The van der Waals surface area contributed by atoms with E-state index in [9.17, 15) is 19.8 Å². The number of aromatic nitrogens is 3. The molecule has 1 heterocycles. The van der Waals surface area contributed by atoms with Gasteiger partial charge in [-0.1, -0.05) is 118 Å². The van der Waals surface area contributed by atoms with Crippen molar-refractivity contribution in [3.63, 3.8) is 0 Å². The van der Waals surface area contributed by atoms with Crippen LogP contribution in [0.1, 0.15) is 195 Å². The van der Waals surface area contributed by atoms with Gasteiger partial charge in [-0.3, -0.25) is 19.2 Å². The van der Waals surface area contributed by atoms with Gasteiger partial charge in [-0.05, 0) is 64.2 Å². The fourth-order valence-electron chi connectivity index (χ4n) is 6.77. The predicted molar refractivity (Wildman–Crippen MR) is 211 cm³/mol. The summed E-state index contributed by atoms with van der Waals surface area (Å²) in [6, 6.07) is 0. The van der Waals surface area contributed by atoms with Crippen LogP contribution in [0.4, 0.5) is 0 Å². The summed E-state index contributed by atoms with van der Waals surface area (Å²) in [5, 5.41) is 25.9. The molecule has 0 fully saturated rings. The van der Waals surface area contributed by atoms with Crippen LogP contribution in [0.15, 0.2) is 12.7 Å². The number of unbranched alkanes of at least 4 members (excludes halogenated alkanes) is 14. The van der Waals surface area contributed by atoms with Crippen LogP contribution >= 0.6 is 0 Å². The van der Waals surface area contributed by atoms with Crippen LogP contribution < -0.4 is 0 Å². The predicted octanol–water partition coefficient (Wildman–Crippen LogP) is 9.35. The monoisotopic (exact) mass is 737 g/mol. The maximum absolute atomic E-state index is 12.4. The van der Waals surface area contributed by atoms with Gasteiger partial charge in [-0.2, -0.15) is 5.10 Å². The molecule has 0 spiro atoms. The van der Waals surface area contributed by atoms with Crippen molar-refractivity contribution in [1.82, 2.24) is 19.7 Å². The minimum absolute atomic E-state index is 0.0289. The van der Waals surface area contributed by atoms with Crippen molar-refractivity contribution in [2.24, 2.45) is 0 Å². The van der Waals surface area contributed by atoms with Crippen molar-refractivity contribution in [3.05, 3.63) is 12.7 Å². The Morgan fingerprint density at radius 1 is 0.615 bits per heavy atom. The lowest BCUT2D eigenvalue weighted by molar-refractivity contribution is -0.150. The average Bonchev–Trinajstić information content (AvgIpc) is 3.66. The second-order valence-electron chi connectivity index (χ2n) is 15.1. The molecule has 0 aliphatic rings. The standard InChI is InChI=1S/C42H80N4O6/c1-5-9-11-13-15-21-27-39(7-3)51-41(49)29-23-17-19-25-37(47)33-45(31-32-46-36-43-35-44-46)34-38(48)26-20-18-24-30-42(50)52-40(8-4)28-22-16-14-12-10-6-2/h35-40,47-48H,5-34H2,1-4H3. The SMILES string of the molecule is CCCCCCCCC(CC)OC(=O)CCCCCC(O)CN(CCn1cncn1)CC(O)CCCCCC(=O)OC(CC)CCCCCCCC. The van der Waals surface area contributed by atoms with E-state index >= 15 is 0 Å². The van der Waals surface area contributed by atoms with Crippen molar-refractivity contribution < 1.29 is 29.3 Å². The van der Waals surface area contributed by atoms with E-state index in [-0.39, 0.29) is 24.1 Å². The van der Waals surface area contributed by atoms with Crippen molar-refractivity contribution >= 4 is 11.9 Å². The lowest BCUT2D eigenvalue weighted by Crippen LogP contribution is -2.40. The first-order chi connectivity index (χ1) is 25.3. The fourth-order valence-corrected chi connectivity index (χ4v) is 6.77. The molecule has 10 nitrogen and oxygen atoms in total. The Hall–Kier alpha value is -2.04. The van der Waals surface area contributed by atoms with Gasteiger partial charge >= 0.3 is 11.9 Å². The Labute approximate surface area is 318 Å². The average molecular weight is 737 g/mol. The van der Waals surface area contributed by atoms with Gasteiger partial charge in [0.05, 0.1) is 18.8 Å². The molecule has 1 rings (SSSR count). The zero-order valence-electron chi connectivity index (χ0n) is 34.0. The van der Waals surface area contributed by atoms with Crippen molar-refractivity contribution in [3.8, 4) is 0 Å². The van der Waals surface area contributed by atoms with Crippen LogP contribution in [0.25, 0.3) is 0 Å². The molecule has 1 aromatic heterocycles. The molecule has 10 heteroatoms. The zero-order chi connectivity index (χ0) is 38.1. The van der Waals surface area contributed by atoms with E-state index < -0.39 is 12.2 Å². The van der Waals surface area contributed by atoms with E-state index in [2.05, 4.69) is 42.7 Å². The third-order valence-electron chi connectivity index (χ3n) is 10.2. The number of carbonyl (C=O) groups is 2. The first-order valence-electron chi connectivity index (χ1n) is 21.6. The first kappa shape index (κ1) is 48.0. The molecule has 0 aliphatic carbocycles. The fraction of sp³-hybridized carbons (Fsp3) is 0.905. The molecule has 0 aliphatic heterocycles. The molecule has 4 unspecified atom stereocenters. The summed E-state index contributed by atoms with van der Waals surface area (Å²) in [5.74, 6) is -0.203. The molecule has 304 valence electrons. The van der Waals surface area contributed by atoms with Gasteiger partial charge in [0.25, 0.3) is 0 Å². The molecule has 52 heavy (non-hydrogen) atoms. The minimum atomic E-state index is -0.518. The van der Waals surface area contributed by atoms with Gasteiger partial charge in [-0.15, -0.1) is 0 Å². The van der Waals surface area contributed by atoms with Gasteiger partial charge in [0.1, 0.15) is 24.9 Å². The van der Waals surface area contributed by atoms with Gasteiger partial charge < -0.3 is 19.7 Å². The summed E-state index contributed by atoms with van der Waals surface area (Å²) in [6.07, 6.45) is 27.9. The Bertz CT molecular complexity index is 893. The van der Waals surface area contributed by atoms with Crippen molar-refractivity contribution in [1.29, 1.82) is 0 Å². The van der Waals surface area contributed by atoms with Crippen LogP contribution in [0.5, 0.6) is 0 Å². The second-order valence-corrected chi connectivity index (χ2v) is 15.1. The summed E-state index contributed by atoms with van der Waals surface area (Å²) in [4.78, 5) is 31.0. The molecule has 1 aromatic rings. The number of esters is 2. The third-order valence-corrected chi connectivity index (χ3v) is 10.2. The molecular formula is C42H80N4O6. The number of aliphatic hydroxyl groups is 2. The molecule has 4 atom stereocenters. The maximum Gasteiger partial charge on any atom is 0.306 e. The summed E-state index contributed by atoms with van der Waals surface area (Å²) < 4.78 is 13.3. The molecule has 0 radical (unpaired) electrons. The summed E-state index contributed by atoms with van der Waals surface area (Å²) in [7, 11) is 0. The smallest absolute Gasteiger partial charge is 0.306 e. The Balaban J connectivity index is 2.31. The molecule has 0 saturated carbocycles. The molecular weight excluding hydrogens is 656 g/mol. The van der Waals surface area contributed by atoms with Gasteiger partial charge in [0.15, 0.2) is 0 Å². The van der Waals surface area contributed by atoms with Crippen LogP contribution in [-0.2, 0) is 25.6 Å². The third kappa shape index (κ3) is 27.5. The largest absolute Gasteiger partial charge is 0.462 e. The summed E-state index contributed by atoms with van der Waals surface area (Å²) in [5.41, 5.74) is 0. The molecule has 0 aromatic carbocycles. The lowest BCUT2D eigenvalue weighted by Gasteiger charge is -2.27. The van der Waals surface area contributed by atoms with Crippen LogP contribution in [0.2, 0.25) is 0 Å². The van der Waals surface area contributed by atoms with Crippen molar-refractivity contribution in [2.45, 2.75) is 226 Å². The van der Waals surface area contributed by atoms with Gasteiger partial charge in [0.2, 0.25) is 0 Å². The number of rotatable bonds is 37. The quantitative estimate of drug-likeness (QED) is 0.0508. The number of nitrogens with zero attached hydrogens (tertiary/aromatic N) is 4. The highest BCUT2D eigenvalue weighted by Gasteiger charge is 2.18. The number of ether oxygens (including phenoxy) is 2. The van der Waals surface area contributed by atoms with Crippen molar-refractivity contribution in [2.75, 3.05) is 19.6 Å². The number of aliphatic hydroxyl groups excluding tert-OH is 2. The lowest BCUT2D eigenvalue weighted by atomic mass is 10.1. The molecule has 0 bridgehead atoms. The maximum atomic E-state index is 12.4. The zero-order valence-corrected chi connectivity index (χ0v) is 34.0. The first-order valence-corrected chi connectivity index (χ1v) is 21.6. The van der Waals surface area contributed by atoms with E-state index in [1.165, 1.54) is 70.5 Å². The topological polar surface area (TPSA) is 127 Å². The van der Waals surface area contributed by atoms with Crippen LogP contribution in [0.3, 0.4) is 0 Å². The Morgan fingerprint density at radius 2 is 1.04 bits per heavy atom. The van der Waals surface area contributed by atoms with Gasteiger partial charge in [0, 0.05) is 32.5 Å². The number of hydrogen-bond acceptors (Lipinski definition) is 9. The van der Waals surface area contributed by atoms with E-state index in [1.807, 2.05) is 0 Å². The second kappa shape index (κ2) is 33.5. The Kier molecular flexibility index (Phi) is 30.9. The van der Waals surface area contributed by atoms with E-state index in [1.54, 1.807) is 11.0 Å². The summed E-state index contributed by atoms with van der Waals surface area (Å²) in [6.45, 7) is 10.8. The van der Waals surface area contributed by atoms with Crippen LogP contribution in [0, 0.1) is 0 Å². The minimum Gasteiger partial charge on any atom is -0.462 e. The van der Waals surface area contributed by atoms with Gasteiger partial charge in [-0.25, -0.2) is 4.98 Å². The van der Waals surface area contributed by atoms with E-state index in [0.717, 1.165) is 77.0 Å². The highest BCUT2D eigenvalue weighted by molar-refractivity contribution is 5.69. The molecule has 0 saturated heterocycles. The normalized spacial score (nSPS) is 14.0. The number of carbonyl (C=O) groups excluding carboxylic acids is 2. The summed E-state index contributed by atoms with van der Waals surface area (Å²) >= 11 is 0.